The van der Waals surface area contributed by atoms with E-state index in [1.807, 2.05) is 31.2 Å². The summed E-state index contributed by atoms with van der Waals surface area (Å²) in [7, 11) is 0. The van der Waals surface area contributed by atoms with Crippen molar-refractivity contribution in [3.8, 4) is 0 Å². The molecule has 0 saturated carbocycles. The number of amides is 2. The van der Waals surface area contributed by atoms with E-state index in [-0.39, 0.29) is 0 Å². The fraction of sp³-hybridized carbons (Fsp3) is 0.318. The summed E-state index contributed by atoms with van der Waals surface area (Å²) >= 11 is 0. The number of benzene rings is 2. The Balaban J connectivity index is 1.56. The number of hydrogen-bond donors (Lipinski definition) is 2. The Morgan fingerprint density at radius 2 is 1.54 bits per heavy atom. The van der Waals surface area contributed by atoms with E-state index in [0.29, 0.717) is 11.4 Å². The standard InChI is InChI=1S/C22H26N4O2/c1-16-6-10-19(11-7-16)23-21(27)22(28)25-24-17(2)18-8-12-20(13-9-18)26-14-4-3-5-15-26/h6-13H,3-5,14-15H2,1-2H3,(H,23,27)(H,25,28)/b24-17-. The quantitative estimate of drug-likeness (QED) is 0.486. The number of aryl methyl sites for hydroxylation is 1. The molecular formula is C22H26N4O2. The maximum atomic E-state index is 12.0. The van der Waals surface area contributed by atoms with Gasteiger partial charge in [-0.25, -0.2) is 5.43 Å². The second kappa shape index (κ2) is 9.17. The molecule has 1 aliphatic heterocycles. The number of rotatable bonds is 4. The monoisotopic (exact) mass is 378 g/mol. The van der Waals surface area contributed by atoms with Gasteiger partial charge in [0.05, 0.1) is 5.71 Å². The average molecular weight is 378 g/mol. The summed E-state index contributed by atoms with van der Waals surface area (Å²) in [6, 6.07) is 15.4. The molecule has 0 radical (unpaired) electrons. The van der Waals surface area contributed by atoms with E-state index in [0.717, 1.165) is 24.2 Å². The van der Waals surface area contributed by atoms with Gasteiger partial charge < -0.3 is 10.2 Å². The maximum Gasteiger partial charge on any atom is 0.329 e. The highest BCUT2D eigenvalue weighted by molar-refractivity contribution is 6.39. The van der Waals surface area contributed by atoms with Gasteiger partial charge >= 0.3 is 11.8 Å². The molecule has 28 heavy (non-hydrogen) atoms. The lowest BCUT2D eigenvalue weighted by molar-refractivity contribution is -0.136. The van der Waals surface area contributed by atoms with Crippen LogP contribution >= 0.6 is 0 Å². The predicted octanol–water partition coefficient (Wildman–Crippen LogP) is 3.46. The highest BCUT2D eigenvalue weighted by Gasteiger charge is 2.14. The molecular weight excluding hydrogens is 352 g/mol. The Morgan fingerprint density at radius 1 is 0.893 bits per heavy atom. The van der Waals surface area contributed by atoms with Crippen molar-refractivity contribution in [2.24, 2.45) is 5.10 Å². The number of hydrazone groups is 1. The molecule has 0 unspecified atom stereocenters. The normalized spacial score (nSPS) is 14.5. The molecule has 6 nitrogen and oxygen atoms in total. The topological polar surface area (TPSA) is 73.8 Å². The van der Waals surface area contributed by atoms with Crippen LogP contribution in [0, 0.1) is 6.92 Å². The predicted molar refractivity (Wildman–Crippen MR) is 113 cm³/mol. The van der Waals surface area contributed by atoms with Gasteiger partial charge in [-0.15, -0.1) is 0 Å². The molecule has 2 N–H and O–H groups in total. The molecule has 0 aromatic heterocycles. The zero-order valence-corrected chi connectivity index (χ0v) is 16.4. The summed E-state index contributed by atoms with van der Waals surface area (Å²) in [5.41, 5.74) is 6.71. The molecule has 1 aliphatic rings. The molecule has 2 amide bonds. The van der Waals surface area contributed by atoms with Gasteiger partial charge in [-0.2, -0.15) is 5.10 Å². The largest absolute Gasteiger partial charge is 0.372 e. The van der Waals surface area contributed by atoms with Gasteiger partial charge in [-0.1, -0.05) is 29.8 Å². The van der Waals surface area contributed by atoms with Crippen molar-refractivity contribution >= 4 is 28.9 Å². The molecule has 0 spiro atoms. The van der Waals surface area contributed by atoms with Crippen LogP contribution in [0.4, 0.5) is 11.4 Å². The molecule has 0 aliphatic carbocycles. The van der Waals surface area contributed by atoms with E-state index in [1.54, 1.807) is 19.1 Å². The number of hydrogen-bond acceptors (Lipinski definition) is 4. The summed E-state index contributed by atoms with van der Waals surface area (Å²) in [4.78, 5) is 26.3. The van der Waals surface area contributed by atoms with Crippen LogP contribution in [-0.2, 0) is 9.59 Å². The van der Waals surface area contributed by atoms with Gasteiger partial charge in [0.15, 0.2) is 0 Å². The van der Waals surface area contributed by atoms with E-state index in [4.69, 9.17) is 0 Å². The van der Waals surface area contributed by atoms with E-state index >= 15 is 0 Å². The van der Waals surface area contributed by atoms with Gasteiger partial charge in [0.25, 0.3) is 0 Å². The zero-order valence-electron chi connectivity index (χ0n) is 16.4. The van der Waals surface area contributed by atoms with Crippen LogP contribution in [0.1, 0.15) is 37.3 Å². The summed E-state index contributed by atoms with van der Waals surface area (Å²) < 4.78 is 0. The first kappa shape index (κ1) is 19.6. The molecule has 0 atom stereocenters. The van der Waals surface area contributed by atoms with Gasteiger partial charge in [-0.3, -0.25) is 9.59 Å². The summed E-state index contributed by atoms with van der Waals surface area (Å²) in [6.45, 7) is 5.94. The highest BCUT2D eigenvalue weighted by atomic mass is 16.2. The molecule has 3 rings (SSSR count). The molecule has 1 fully saturated rings. The van der Waals surface area contributed by atoms with Gasteiger partial charge in [0.2, 0.25) is 0 Å². The third kappa shape index (κ3) is 5.19. The lowest BCUT2D eigenvalue weighted by atomic mass is 10.1. The van der Waals surface area contributed by atoms with Crippen LogP contribution < -0.4 is 15.6 Å². The van der Waals surface area contributed by atoms with E-state index in [1.165, 1.54) is 24.9 Å². The van der Waals surface area contributed by atoms with Crippen LogP contribution in [0.2, 0.25) is 0 Å². The SMILES string of the molecule is C/C(=N/NC(=O)C(=O)Nc1ccc(C)cc1)c1ccc(N2CCCCC2)cc1. The zero-order chi connectivity index (χ0) is 19.9. The van der Waals surface area contributed by atoms with Crippen LogP contribution in [-0.4, -0.2) is 30.6 Å². The first-order valence-electron chi connectivity index (χ1n) is 9.60. The minimum atomic E-state index is -0.801. The first-order valence-corrected chi connectivity index (χ1v) is 9.60. The maximum absolute atomic E-state index is 12.0. The summed E-state index contributed by atoms with van der Waals surface area (Å²) in [6.07, 6.45) is 3.77. The Labute approximate surface area is 165 Å². The smallest absolute Gasteiger partial charge is 0.329 e. The fourth-order valence-electron chi connectivity index (χ4n) is 3.14. The van der Waals surface area contributed by atoms with Crippen molar-refractivity contribution in [3.63, 3.8) is 0 Å². The van der Waals surface area contributed by atoms with Crippen molar-refractivity contribution in [1.82, 2.24) is 5.43 Å². The van der Waals surface area contributed by atoms with Crippen LogP contribution in [0.25, 0.3) is 0 Å². The van der Waals surface area contributed by atoms with Crippen molar-refractivity contribution < 1.29 is 9.59 Å². The molecule has 2 aromatic carbocycles. The van der Waals surface area contributed by atoms with Gasteiger partial charge in [0.1, 0.15) is 0 Å². The van der Waals surface area contributed by atoms with E-state index in [2.05, 4.69) is 32.9 Å². The van der Waals surface area contributed by atoms with E-state index < -0.39 is 11.8 Å². The first-order chi connectivity index (χ1) is 13.5. The minimum Gasteiger partial charge on any atom is -0.372 e. The lowest BCUT2D eigenvalue weighted by Gasteiger charge is -2.28. The van der Waals surface area contributed by atoms with Crippen molar-refractivity contribution in [1.29, 1.82) is 0 Å². The number of anilines is 2. The van der Waals surface area contributed by atoms with Crippen LogP contribution in [0.15, 0.2) is 53.6 Å². The van der Waals surface area contributed by atoms with Crippen molar-refractivity contribution in [3.05, 3.63) is 59.7 Å². The minimum absolute atomic E-state index is 0.569. The Bertz CT molecular complexity index is 851. The molecule has 146 valence electrons. The highest BCUT2D eigenvalue weighted by Crippen LogP contribution is 2.20. The number of piperidine rings is 1. The van der Waals surface area contributed by atoms with Crippen molar-refractivity contribution in [2.75, 3.05) is 23.3 Å². The van der Waals surface area contributed by atoms with Crippen LogP contribution in [0.5, 0.6) is 0 Å². The summed E-state index contributed by atoms with van der Waals surface area (Å²) in [5, 5.41) is 6.61. The lowest BCUT2D eigenvalue weighted by Crippen LogP contribution is -2.33. The molecule has 6 heteroatoms. The molecule has 1 saturated heterocycles. The van der Waals surface area contributed by atoms with Gasteiger partial charge in [-0.05, 0) is 62.9 Å². The Kier molecular flexibility index (Phi) is 6.42. The molecule has 1 heterocycles. The van der Waals surface area contributed by atoms with Gasteiger partial charge in [0, 0.05) is 24.5 Å². The average Bonchev–Trinajstić information content (AvgIpc) is 2.74. The fourth-order valence-corrected chi connectivity index (χ4v) is 3.14. The Morgan fingerprint density at radius 3 is 2.18 bits per heavy atom. The van der Waals surface area contributed by atoms with Crippen molar-refractivity contribution in [2.45, 2.75) is 33.1 Å². The number of carbonyl (C=O) groups is 2. The molecule has 2 aromatic rings. The third-order valence-electron chi connectivity index (χ3n) is 4.85. The second-order valence-corrected chi connectivity index (χ2v) is 7.05. The second-order valence-electron chi connectivity index (χ2n) is 7.05. The number of carbonyl (C=O) groups excluding carboxylic acids is 2. The number of nitrogens with zero attached hydrogens (tertiary/aromatic N) is 2. The number of nitrogens with one attached hydrogen (secondary N) is 2. The summed E-state index contributed by atoms with van der Waals surface area (Å²) in [5.74, 6) is -1.55. The Hall–Kier alpha value is -3.15. The van der Waals surface area contributed by atoms with Crippen LogP contribution in [0.3, 0.4) is 0 Å². The third-order valence-corrected chi connectivity index (χ3v) is 4.85. The van der Waals surface area contributed by atoms with E-state index in [9.17, 15) is 9.59 Å². The molecule has 0 bridgehead atoms.